The van der Waals surface area contributed by atoms with Crippen LogP contribution in [0.2, 0.25) is 0 Å². The number of fused-ring (bicyclic) bond motifs is 1. The number of aliphatic imine (C=N–C) groups is 1. The predicted octanol–water partition coefficient (Wildman–Crippen LogP) is 3.90. The van der Waals surface area contributed by atoms with Crippen molar-refractivity contribution in [2.45, 2.75) is 58.4 Å². The Morgan fingerprint density at radius 1 is 1.10 bits per heavy atom. The van der Waals surface area contributed by atoms with E-state index in [1.54, 1.807) is 16.7 Å². The second-order valence-electron chi connectivity index (χ2n) is 8.44. The van der Waals surface area contributed by atoms with Gasteiger partial charge in [0.25, 0.3) is 0 Å². The first-order valence-corrected chi connectivity index (χ1v) is 11.9. The normalized spacial score (nSPS) is 27.8. The Balaban J connectivity index is 1.46. The maximum Gasteiger partial charge on any atom is 0.233 e. The number of carbonyl (C=O) groups excluding carboxylic acids is 3. The van der Waals surface area contributed by atoms with E-state index in [0.29, 0.717) is 5.17 Å². The lowest BCUT2D eigenvalue weighted by Crippen LogP contribution is -2.41. The Morgan fingerprint density at radius 3 is 2.33 bits per heavy atom. The number of hydrogen-bond donors (Lipinski definition) is 0. The second-order valence-corrected chi connectivity index (χ2v) is 9.43. The van der Waals surface area contributed by atoms with Crippen molar-refractivity contribution in [3.63, 3.8) is 0 Å². The molecule has 30 heavy (non-hydrogen) atoms. The van der Waals surface area contributed by atoms with Crippen molar-refractivity contribution < 1.29 is 14.4 Å². The van der Waals surface area contributed by atoms with Gasteiger partial charge in [-0.15, -0.1) is 0 Å². The third-order valence-corrected chi connectivity index (χ3v) is 7.55. The van der Waals surface area contributed by atoms with Gasteiger partial charge in [-0.1, -0.05) is 49.2 Å². The zero-order valence-electron chi connectivity index (χ0n) is 17.7. The molecule has 2 aliphatic heterocycles. The van der Waals surface area contributed by atoms with E-state index in [1.807, 2.05) is 31.2 Å². The Kier molecular flexibility index (Phi) is 6.27. The van der Waals surface area contributed by atoms with Crippen molar-refractivity contribution in [3.8, 4) is 0 Å². The van der Waals surface area contributed by atoms with E-state index in [2.05, 4.69) is 6.92 Å². The summed E-state index contributed by atoms with van der Waals surface area (Å²) in [6, 6.07) is 8.01. The third kappa shape index (κ3) is 4.04. The third-order valence-electron chi connectivity index (χ3n) is 6.46. The summed E-state index contributed by atoms with van der Waals surface area (Å²) in [7, 11) is 0. The first-order chi connectivity index (χ1) is 14.5. The molecular formula is C23H29N3O3S. The maximum atomic E-state index is 13.1. The van der Waals surface area contributed by atoms with Crippen LogP contribution in [-0.2, 0) is 14.4 Å². The number of amidine groups is 1. The second kappa shape index (κ2) is 8.92. The van der Waals surface area contributed by atoms with E-state index in [9.17, 15) is 14.4 Å². The number of imide groups is 1. The van der Waals surface area contributed by atoms with E-state index in [4.69, 9.17) is 4.99 Å². The Bertz CT molecular complexity index is 843. The van der Waals surface area contributed by atoms with Gasteiger partial charge in [-0.2, -0.15) is 0 Å². The van der Waals surface area contributed by atoms with Crippen LogP contribution in [0.25, 0.3) is 0 Å². The summed E-state index contributed by atoms with van der Waals surface area (Å²) in [5.41, 5.74) is 1.99. The molecule has 6 nitrogen and oxygen atoms in total. The fourth-order valence-electron chi connectivity index (χ4n) is 4.68. The number of likely N-dealkylation sites (tertiary alicyclic amines) is 1. The summed E-state index contributed by atoms with van der Waals surface area (Å²) < 4.78 is 0. The molecule has 3 atom stereocenters. The lowest BCUT2D eigenvalue weighted by molar-refractivity contribution is -0.140. The van der Waals surface area contributed by atoms with E-state index >= 15 is 0 Å². The summed E-state index contributed by atoms with van der Waals surface area (Å²) in [6.07, 6.45) is 4.61. The molecule has 1 saturated carbocycles. The molecule has 0 aromatic heterocycles. The first kappa shape index (κ1) is 21.1. The highest BCUT2D eigenvalue weighted by molar-refractivity contribution is 8.14. The van der Waals surface area contributed by atoms with Crippen LogP contribution in [0, 0.1) is 18.8 Å². The zero-order valence-corrected chi connectivity index (χ0v) is 18.5. The van der Waals surface area contributed by atoms with Crippen LogP contribution in [0.4, 0.5) is 5.69 Å². The van der Waals surface area contributed by atoms with Crippen molar-refractivity contribution in [3.05, 3.63) is 29.8 Å². The topological polar surface area (TPSA) is 70.1 Å². The SMILES string of the molecule is CC[C@@H]1CSC(=Nc2ccc(C)cc2)N1C(=O)CCN1C(=O)[C@H]2CCCC[C@H]2C1=O. The van der Waals surface area contributed by atoms with Crippen molar-refractivity contribution >= 4 is 40.3 Å². The highest BCUT2D eigenvalue weighted by Crippen LogP contribution is 2.38. The van der Waals surface area contributed by atoms with Crippen molar-refractivity contribution in [2.75, 3.05) is 12.3 Å². The van der Waals surface area contributed by atoms with Crippen molar-refractivity contribution in [2.24, 2.45) is 16.8 Å². The minimum Gasteiger partial charge on any atom is -0.287 e. The van der Waals surface area contributed by atoms with Gasteiger partial charge in [0, 0.05) is 24.8 Å². The average molecular weight is 428 g/mol. The summed E-state index contributed by atoms with van der Waals surface area (Å²) in [5.74, 6) is 0.283. The molecule has 3 amide bonds. The number of nitrogens with zero attached hydrogens (tertiary/aromatic N) is 3. The summed E-state index contributed by atoms with van der Waals surface area (Å²) in [5, 5.41) is 0.712. The molecule has 0 unspecified atom stereocenters. The standard InChI is InChI=1S/C23H29N3O3S/c1-3-17-14-30-23(24-16-10-8-15(2)9-11-16)26(17)20(27)12-13-25-21(28)18-6-4-5-7-19(18)22(25)29/h8-11,17-19H,3-7,12-14H2,1-2H3/t17-,18-,19+/m1/s1. The minimum absolute atomic E-state index is 0.0619. The van der Waals surface area contributed by atoms with E-state index in [1.165, 1.54) is 4.90 Å². The highest BCUT2D eigenvalue weighted by atomic mass is 32.2. The van der Waals surface area contributed by atoms with Crippen LogP contribution in [0.1, 0.15) is 51.0 Å². The van der Waals surface area contributed by atoms with Crippen LogP contribution in [-0.4, -0.2) is 51.0 Å². The molecule has 4 rings (SSSR count). The van der Waals surface area contributed by atoms with Gasteiger partial charge < -0.3 is 0 Å². The molecule has 1 aromatic rings. The van der Waals surface area contributed by atoms with Crippen LogP contribution in [0.3, 0.4) is 0 Å². The summed E-state index contributed by atoms with van der Waals surface area (Å²) >= 11 is 1.59. The van der Waals surface area contributed by atoms with E-state index in [0.717, 1.165) is 49.1 Å². The van der Waals surface area contributed by atoms with Gasteiger partial charge in [0.15, 0.2) is 5.17 Å². The molecular weight excluding hydrogens is 398 g/mol. The van der Waals surface area contributed by atoms with Crippen molar-refractivity contribution in [1.82, 2.24) is 9.80 Å². The predicted molar refractivity (Wildman–Crippen MR) is 118 cm³/mol. The molecule has 3 fully saturated rings. The lowest BCUT2D eigenvalue weighted by Gasteiger charge is -2.24. The number of carbonyl (C=O) groups is 3. The largest absolute Gasteiger partial charge is 0.287 e. The Morgan fingerprint density at radius 2 is 1.73 bits per heavy atom. The smallest absolute Gasteiger partial charge is 0.233 e. The monoisotopic (exact) mass is 427 g/mol. The maximum absolute atomic E-state index is 13.1. The molecule has 1 aliphatic carbocycles. The van der Waals surface area contributed by atoms with Gasteiger partial charge >= 0.3 is 0 Å². The first-order valence-electron chi connectivity index (χ1n) is 10.9. The molecule has 0 radical (unpaired) electrons. The van der Waals surface area contributed by atoms with Gasteiger partial charge in [0.2, 0.25) is 17.7 Å². The van der Waals surface area contributed by atoms with Crippen molar-refractivity contribution in [1.29, 1.82) is 0 Å². The van der Waals surface area contributed by atoms with Gasteiger partial charge in [0.1, 0.15) is 0 Å². The number of thioether (sulfide) groups is 1. The van der Waals surface area contributed by atoms with Crippen LogP contribution in [0.15, 0.2) is 29.3 Å². The molecule has 0 spiro atoms. The molecule has 0 bridgehead atoms. The van der Waals surface area contributed by atoms with Gasteiger partial charge in [0.05, 0.1) is 17.5 Å². The van der Waals surface area contributed by atoms with E-state index in [-0.39, 0.29) is 48.6 Å². The quantitative estimate of drug-likeness (QED) is 0.668. The number of aryl methyl sites for hydroxylation is 1. The number of rotatable bonds is 5. The van der Waals surface area contributed by atoms with Gasteiger partial charge in [-0.25, -0.2) is 4.99 Å². The summed E-state index contributed by atoms with van der Waals surface area (Å²) in [4.78, 5) is 46.3. The molecule has 160 valence electrons. The molecule has 0 N–H and O–H groups in total. The average Bonchev–Trinajstić information content (AvgIpc) is 3.27. The van der Waals surface area contributed by atoms with Crippen LogP contribution >= 0.6 is 11.8 Å². The fourth-order valence-corrected chi connectivity index (χ4v) is 5.96. The number of benzene rings is 1. The molecule has 2 saturated heterocycles. The molecule has 2 heterocycles. The summed E-state index contributed by atoms with van der Waals surface area (Å²) in [6.45, 7) is 4.28. The fraction of sp³-hybridized carbons (Fsp3) is 0.565. The van der Waals surface area contributed by atoms with Gasteiger partial charge in [-0.05, 0) is 38.3 Å². The molecule has 7 heteroatoms. The minimum atomic E-state index is -0.161. The zero-order chi connectivity index (χ0) is 21.3. The Labute approximate surface area is 182 Å². The highest BCUT2D eigenvalue weighted by Gasteiger charge is 2.48. The van der Waals surface area contributed by atoms with Crippen LogP contribution in [0.5, 0.6) is 0 Å². The van der Waals surface area contributed by atoms with Crippen LogP contribution < -0.4 is 0 Å². The molecule has 1 aromatic carbocycles. The Hall–Kier alpha value is -2.15. The van der Waals surface area contributed by atoms with Gasteiger partial charge in [-0.3, -0.25) is 24.2 Å². The molecule has 3 aliphatic rings. The van der Waals surface area contributed by atoms with E-state index < -0.39 is 0 Å². The lowest BCUT2D eigenvalue weighted by atomic mass is 9.81. The number of hydrogen-bond acceptors (Lipinski definition) is 5. The number of amides is 3.